The predicted molar refractivity (Wildman–Crippen MR) is 61.8 cm³/mol. The molecule has 0 fully saturated rings. The second-order valence-electron chi connectivity index (χ2n) is 3.89. The molecule has 2 aromatic rings. The van der Waals surface area contributed by atoms with Crippen LogP contribution < -0.4 is 0 Å². The second-order valence-corrected chi connectivity index (χ2v) is 3.89. The van der Waals surface area contributed by atoms with Gasteiger partial charge in [-0.05, 0) is 6.92 Å². The van der Waals surface area contributed by atoms with Gasteiger partial charge in [-0.2, -0.15) is 5.10 Å². The number of halogens is 2. The van der Waals surface area contributed by atoms with Crippen molar-refractivity contribution >= 4 is 11.7 Å². The highest BCUT2D eigenvalue weighted by atomic mass is 19.1. The molecule has 0 radical (unpaired) electrons. The highest BCUT2D eigenvalue weighted by molar-refractivity contribution is 5.88. The molecular formula is C11H7F2N3O4. The standard InChI is InChI=1S/C11H7F2N3O4/c1-5-7(11(17)18)4-15(14-5)10-8(12)2-6(16(19)20)3-9(10)13/h2-4H,1H3,(H,17,18). The van der Waals surface area contributed by atoms with Crippen molar-refractivity contribution in [1.29, 1.82) is 0 Å². The minimum absolute atomic E-state index is 0.0645. The van der Waals surface area contributed by atoms with E-state index in [2.05, 4.69) is 5.10 Å². The zero-order valence-electron chi connectivity index (χ0n) is 10.0. The highest BCUT2D eigenvalue weighted by Crippen LogP contribution is 2.24. The number of non-ortho nitro benzene ring substituents is 1. The molecule has 20 heavy (non-hydrogen) atoms. The Hall–Kier alpha value is -2.84. The first-order chi connectivity index (χ1) is 9.31. The predicted octanol–water partition coefficient (Wildman–Crippen LogP) is 2.07. The number of hydrogen-bond acceptors (Lipinski definition) is 4. The topological polar surface area (TPSA) is 98.3 Å². The van der Waals surface area contributed by atoms with Gasteiger partial charge in [-0.15, -0.1) is 0 Å². The molecule has 1 heterocycles. The minimum atomic E-state index is -1.29. The van der Waals surface area contributed by atoms with Crippen LogP contribution in [0.25, 0.3) is 5.69 Å². The van der Waals surface area contributed by atoms with Gasteiger partial charge in [0, 0.05) is 6.20 Å². The number of hydrogen-bond donors (Lipinski definition) is 1. The fraction of sp³-hybridized carbons (Fsp3) is 0.0909. The van der Waals surface area contributed by atoms with E-state index in [1.54, 1.807) is 0 Å². The molecule has 1 aromatic heterocycles. The van der Waals surface area contributed by atoms with Gasteiger partial charge in [0.15, 0.2) is 11.6 Å². The number of rotatable bonds is 3. The van der Waals surface area contributed by atoms with Crippen LogP contribution in [0, 0.1) is 28.7 Å². The Balaban J connectivity index is 2.61. The molecule has 0 aliphatic rings. The first kappa shape index (κ1) is 13.6. The molecule has 0 aliphatic carbocycles. The monoisotopic (exact) mass is 283 g/mol. The van der Waals surface area contributed by atoms with Crippen LogP contribution in [-0.4, -0.2) is 25.8 Å². The summed E-state index contributed by atoms with van der Waals surface area (Å²) in [7, 11) is 0. The van der Waals surface area contributed by atoms with Crippen LogP contribution in [0.1, 0.15) is 16.1 Å². The molecule has 1 N–H and O–H groups in total. The lowest BCUT2D eigenvalue weighted by atomic mass is 10.2. The van der Waals surface area contributed by atoms with Gasteiger partial charge in [-0.25, -0.2) is 18.3 Å². The van der Waals surface area contributed by atoms with Gasteiger partial charge in [-0.1, -0.05) is 0 Å². The smallest absolute Gasteiger partial charge is 0.339 e. The third kappa shape index (κ3) is 2.20. The Labute approximate surface area is 110 Å². The lowest BCUT2D eigenvalue weighted by molar-refractivity contribution is -0.385. The average molecular weight is 283 g/mol. The van der Waals surface area contributed by atoms with E-state index in [0.29, 0.717) is 16.8 Å². The van der Waals surface area contributed by atoms with E-state index in [1.807, 2.05) is 0 Å². The van der Waals surface area contributed by atoms with E-state index in [0.717, 1.165) is 6.20 Å². The molecule has 0 spiro atoms. The van der Waals surface area contributed by atoms with Gasteiger partial charge in [0.2, 0.25) is 0 Å². The largest absolute Gasteiger partial charge is 0.478 e. The lowest BCUT2D eigenvalue weighted by Crippen LogP contribution is -2.04. The summed E-state index contributed by atoms with van der Waals surface area (Å²) < 4.78 is 28.2. The first-order valence-corrected chi connectivity index (χ1v) is 5.24. The number of aromatic carboxylic acids is 1. The van der Waals surface area contributed by atoms with E-state index in [-0.39, 0.29) is 11.3 Å². The Morgan fingerprint density at radius 2 is 1.95 bits per heavy atom. The fourth-order valence-electron chi connectivity index (χ4n) is 1.66. The highest BCUT2D eigenvalue weighted by Gasteiger charge is 2.21. The Morgan fingerprint density at radius 1 is 1.40 bits per heavy atom. The summed E-state index contributed by atoms with van der Waals surface area (Å²) >= 11 is 0. The van der Waals surface area contributed by atoms with E-state index >= 15 is 0 Å². The van der Waals surface area contributed by atoms with E-state index < -0.39 is 33.9 Å². The Morgan fingerprint density at radius 3 is 2.35 bits per heavy atom. The summed E-state index contributed by atoms with van der Waals surface area (Å²) in [6.07, 6.45) is 0.936. The average Bonchev–Trinajstić information content (AvgIpc) is 2.70. The molecule has 104 valence electrons. The molecule has 0 atom stereocenters. The lowest BCUT2D eigenvalue weighted by Gasteiger charge is -2.04. The molecule has 0 aliphatic heterocycles. The van der Waals surface area contributed by atoms with Crippen LogP contribution in [0.5, 0.6) is 0 Å². The van der Waals surface area contributed by atoms with Gasteiger partial charge in [0.05, 0.1) is 22.7 Å². The zero-order valence-corrected chi connectivity index (χ0v) is 10.0. The van der Waals surface area contributed by atoms with E-state index in [9.17, 15) is 23.7 Å². The second kappa shape index (κ2) is 4.68. The molecule has 0 saturated carbocycles. The van der Waals surface area contributed by atoms with Crippen molar-refractivity contribution in [2.45, 2.75) is 6.92 Å². The number of nitrogens with zero attached hydrogens (tertiary/aromatic N) is 3. The van der Waals surface area contributed by atoms with Crippen LogP contribution in [0.3, 0.4) is 0 Å². The van der Waals surface area contributed by atoms with E-state index in [1.165, 1.54) is 6.92 Å². The van der Waals surface area contributed by atoms with Crippen LogP contribution in [0.2, 0.25) is 0 Å². The van der Waals surface area contributed by atoms with Gasteiger partial charge in [0.1, 0.15) is 11.3 Å². The third-order valence-corrected chi connectivity index (χ3v) is 2.57. The van der Waals surface area contributed by atoms with Gasteiger partial charge >= 0.3 is 5.97 Å². The van der Waals surface area contributed by atoms with Crippen LogP contribution in [-0.2, 0) is 0 Å². The number of carbonyl (C=O) groups is 1. The molecule has 0 unspecified atom stereocenters. The SMILES string of the molecule is Cc1nn(-c2c(F)cc([N+](=O)[O-])cc2F)cc1C(=O)O. The number of aromatic nitrogens is 2. The number of aryl methyl sites for hydroxylation is 1. The maximum absolute atomic E-state index is 13.7. The Bertz CT molecular complexity index is 703. The molecule has 0 saturated heterocycles. The van der Waals surface area contributed by atoms with Gasteiger partial charge in [-0.3, -0.25) is 10.1 Å². The number of nitro benzene ring substituents is 1. The van der Waals surface area contributed by atoms with Crippen LogP contribution in [0.4, 0.5) is 14.5 Å². The number of carboxylic acid groups (broad SMARTS) is 1. The minimum Gasteiger partial charge on any atom is -0.478 e. The number of benzene rings is 1. The molecule has 1 aromatic carbocycles. The van der Waals surface area contributed by atoms with Crippen molar-refractivity contribution < 1.29 is 23.6 Å². The van der Waals surface area contributed by atoms with Crippen molar-refractivity contribution in [3.8, 4) is 5.69 Å². The molecular weight excluding hydrogens is 276 g/mol. The summed E-state index contributed by atoms with van der Waals surface area (Å²) in [5, 5.41) is 23.0. The summed E-state index contributed by atoms with van der Waals surface area (Å²) in [4.78, 5) is 20.4. The van der Waals surface area contributed by atoms with Crippen molar-refractivity contribution in [1.82, 2.24) is 9.78 Å². The maximum Gasteiger partial charge on any atom is 0.339 e. The molecule has 2 rings (SSSR count). The maximum atomic E-state index is 13.7. The molecule has 9 heteroatoms. The van der Waals surface area contributed by atoms with Crippen LogP contribution in [0.15, 0.2) is 18.3 Å². The molecule has 7 nitrogen and oxygen atoms in total. The number of nitro groups is 1. The van der Waals surface area contributed by atoms with Crippen molar-refractivity contribution in [3.63, 3.8) is 0 Å². The normalized spacial score (nSPS) is 10.6. The van der Waals surface area contributed by atoms with Crippen molar-refractivity contribution in [3.05, 3.63) is 51.3 Å². The Kier molecular flexibility index (Phi) is 3.18. The zero-order chi connectivity index (χ0) is 15.0. The van der Waals surface area contributed by atoms with Gasteiger partial charge < -0.3 is 5.11 Å². The van der Waals surface area contributed by atoms with E-state index in [4.69, 9.17) is 5.11 Å². The quantitative estimate of drug-likeness (QED) is 0.686. The molecule has 0 amide bonds. The number of carboxylic acids is 1. The molecule has 0 bridgehead atoms. The van der Waals surface area contributed by atoms with Gasteiger partial charge in [0.25, 0.3) is 5.69 Å². The third-order valence-electron chi connectivity index (χ3n) is 2.57. The fourth-order valence-corrected chi connectivity index (χ4v) is 1.66. The van der Waals surface area contributed by atoms with Crippen LogP contribution >= 0.6 is 0 Å². The summed E-state index contributed by atoms with van der Waals surface area (Å²) in [6, 6.07) is 1.08. The van der Waals surface area contributed by atoms with Crippen molar-refractivity contribution in [2.75, 3.05) is 0 Å². The summed E-state index contributed by atoms with van der Waals surface area (Å²) in [5.41, 5.74) is -1.57. The van der Waals surface area contributed by atoms with Crippen molar-refractivity contribution in [2.24, 2.45) is 0 Å². The summed E-state index contributed by atoms with van der Waals surface area (Å²) in [6.45, 7) is 1.36. The summed E-state index contributed by atoms with van der Waals surface area (Å²) in [5.74, 6) is -3.72. The first-order valence-electron chi connectivity index (χ1n) is 5.24.